The van der Waals surface area contributed by atoms with Crippen LogP contribution in [0.15, 0.2) is 42.6 Å². The summed E-state index contributed by atoms with van der Waals surface area (Å²) in [5, 5.41) is 3.34. The number of hydrogen-bond donors (Lipinski definition) is 1. The van der Waals surface area contributed by atoms with Crippen molar-refractivity contribution in [1.29, 1.82) is 0 Å². The summed E-state index contributed by atoms with van der Waals surface area (Å²) in [5.74, 6) is -0.591. The minimum absolute atomic E-state index is 0.0133. The van der Waals surface area contributed by atoms with Crippen LogP contribution in [0.3, 0.4) is 0 Å². The number of aromatic nitrogens is 1. The van der Waals surface area contributed by atoms with E-state index in [-0.39, 0.29) is 23.7 Å². The highest BCUT2D eigenvalue weighted by molar-refractivity contribution is 5.20. The minimum atomic E-state index is -0.345. The van der Waals surface area contributed by atoms with Crippen molar-refractivity contribution in [2.75, 3.05) is 0 Å². The predicted molar refractivity (Wildman–Crippen MR) is 70.6 cm³/mol. The van der Waals surface area contributed by atoms with Gasteiger partial charge in [-0.05, 0) is 43.7 Å². The van der Waals surface area contributed by atoms with Crippen molar-refractivity contribution in [3.63, 3.8) is 0 Å². The molecule has 2 aromatic rings. The van der Waals surface area contributed by atoms with Crippen LogP contribution in [0.5, 0.6) is 0 Å². The van der Waals surface area contributed by atoms with Gasteiger partial charge in [0.1, 0.15) is 11.6 Å². The molecule has 0 aliphatic heterocycles. The van der Waals surface area contributed by atoms with Crippen molar-refractivity contribution in [1.82, 2.24) is 10.3 Å². The maximum absolute atomic E-state index is 12.8. The Hall–Kier alpha value is -1.81. The Bertz CT molecular complexity index is 473. The van der Waals surface area contributed by atoms with Crippen LogP contribution in [0.25, 0.3) is 0 Å². The molecule has 0 bridgehead atoms. The fourth-order valence-electron chi connectivity index (χ4n) is 1.95. The van der Waals surface area contributed by atoms with Crippen molar-refractivity contribution in [3.8, 4) is 0 Å². The van der Waals surface area contributed by atoms with Gasteiger partial charge in [0.25, 0.3) is 0 Å². The van der Waals surface area contributed by atoms with Gasteiger partial charge in [-0.25, -0.2) is 8.78 Å². The Labute approximate surface area is 111 Å². The standard InChI is InChI=1S/C15H16F2N2/c1-10(12-3-5-13(16)6-4-12)19-11(2)15-8-7-14(17)9-18-15/h3-11,19H,1-2H3/t10-,11?/m0/s1. The second-order valence-corrected chi connectivity index (χ2v) is 4.56. The van der Waals surface area contributed by atoms with Gasteiger partial charge in [0, 0.05) is 12.1 Å². The van der Waals surface area contributed by atoms with Crippen LogP contribution in [0, 0.1) is 11.6 Å². The average Bonchev–Trinajstić information content (AvgIpc) is 2.40. The molecule has 2 atom stereocenters. The smallest absolute Gasteiger partial charge is 0.141 e. The van der Waals surface area contributed by atoms with Crippen LogP contribution < -0.4 is 5.32 Å². The molecule has 1 unspecified atom stereocenters. The summed E-state index contributed by atoms with van der Waals surface area (Å²) in [7, 11) is 0. The van der Waals surface area contributed by atoms with Gasteiger partial charge >= 0.3 is 0 Å². The Balaban J connectivity index is 2.03. The summed E-state index contributed by atoms with van der Waals surface area (Å²) < 4.78 is 25.6. The van der Waals surface area contributed by atoms with Crippen molar-refractivity contribution in [2.45, 2.75) is 25.9 Å². The second kappa shape index (κ2) is 5.89. The molecule has 0 radical (unpaired) electrons. The fraction of sp³-hybridized carbons (Fsp3) is 0.267. The van der Waals surface area contributed by atoms with Crippen LogP contribution in [0.1, 0.15) is 37.2 Å². The third kappa shape index (κ3) is 3.58. The molecule has 0 amide bonds. The minimum Gasteiger partial charge on any atom is -0.302 e. The molecular formula is C15H16F2N2. The zero-order chi connectivity index (χ0) is 13.8. The molecule has 19 heavy (non-hydrogen) atoms. The van der Waals surface area contributed by atoms with E-state index in [1.807, 2.05) is 13.8 Å². The van der Waals surface area contributed by atoms with E-state index in [2.05, 4.69) is 10.3 Å². The molecular weight excluding hydrogens is 246 g/mol. The lowest BCUT2D eigenvalue weighted by molar-refractivity contribution is 0.483. The zero-order valence-electron chi connectivity index (χ0n) is 10.9. The number of benzene rings is 1. The van der Waals surface area contributed by atoms with Crippen LogP contribution >= 0.6 is 0 Å². The summed E-state index contributed by atoms with van der Waals surface area (Å²) >= 11 is 0. The van der Waals surface area contributed by atoms with E-state index in [4.69, 9.17) is 0 Å². The number of hydrogen-bond acceptors (Lipinski definition) is 2. The second-order valence-electron chi connectivity index (χ2n) is 4.56. The van der Waals surface area contributed by atoms with Crippen LogP contribution in [0.2, 0.25) is 0 Å². The van der Waals surface area contributed by atoms with Crippen LogP contribution in [-0.4, -0.2) is 4.98 Å². The Morgan fingerprint density at radius 2 is 1.53 bits per heavy atom. The third-order valence-corrected chi connectivity index (χ3v) is 3.06. The van der Waals surface area contributed by atoms with Gasteiger partial charge in [0.15, 0.2) is 0 Å². The van der Waals surface area contributed by atoms with E-state index in [9.17, 15) is 8.78 Å². The highest BCUT2D eigenvalue weighted by Crippen LogP contribution is 2.18. The maximum atomic E-state index is 12.8. The number of halogens is 2. The molecule has 100 valence electrons. The summed E-state index contributed by atoms with van der Waals surface area (Å²) in [6, 6.07) is 9.47. The van der Waals surface area contributed by atoms with Crippen LogP contribution in [0.4, 0.5) is 8.78 Å². The normalized spacial score (nSPS) is 14.1. The highest BCUT2D eigenvalue weighted by atomic mass is 19.1. The fourth-order valence-corrected chi connectivity index (χ4v) is 1.95. The molecule has 2 nitrogen and oxygen atoms in total. The van der Waals surface area contributed by atoms with Gasteiger partial charge in [-0.15, -0.1) is 0 Å². The molecule has 0 aliphatic rings. The lowest BCUT2D eigenvalue weighted by atomic mass is 10.1. The van der Waals surface area contributed by atoms with Gasteiger partial charge in [-0.2, -0.15) is 0 Å². The largest absolute Gasteiger partial charge is 0.302 e. The molecule has 0 saturated heterocycles. The van der Waals surface area contributed by atoms with Gasteiger partial charge in [-0.1, -0.05) is 12.1 Å². The molecule has 1 heterocycles. The Morgan fingerprint density at radius 3 is 2.11 bits per heavy atom. The number of nitrogens with one attached hydrogen (secondary N) is 1. The first kappa shape index (κ1) is 13.6. The van der Waals surface area contributed by atoms with Gasteiger partial charge in [0.05, 0.1) is 11.9 Å². The molecule has 1 aromatic carbocycles. The zero-order valence-corrected chi connectivity index (χ0v) is 10.9. The van der Waals surface area contributed by atoms with Crippen molar-refractivity contribution >= 4 is 0 Å². The van der Waals surface area contributed by atoms with E-state index < -0.39 is 0 Å². The molecule has 2 rings (SSSR count). The van der Waals surface area contributed by atoms with E-state index in [1.54, 1.807) is 18.2 Å². The van der Waals surface area contributed by atoms with Gasteiger partial charge < -0.3 is 5.32 Å². The first-order chi connectivity index (χ1) is 9.06. The topological polar surface area (TPSA) is 24.9 Å². The van der Waals surface area contributed by atoms with Crippen molar-refractivity contribution < 1.29 is 8.78 Å². The lowest BCUT2D eigenvalue weighted by Gasteiger charge is -2.20. The molecule has 1 aromatic heterocycles. The van der Waals surface area contributed by atoms with Crippen LogP contribution in [-0.2, 0) is 0 Å². The summed E-state index contributed by atoms with van der Waals surface area (Å²) in [6.07, 6.45) is 1.20. The first-order valence-electron chi connectivity index (χ1n) is 6.19. The average molecular weight is 262 g/mol. The number of nitrogens with zero attached hydrogens (tertiary/aromatic N) is 1. The molecule has 1 N–H and O–H groups in total. The third-order valence-electron chi connectivity index (χ3n) is 3.06. The van der Waals surface area contributed by atoms with Crippen molar-refractivity contribution in [3.05, 3.63) is 65.5 Å². The molecule has 4 heteroatoms. The lowest BCUT2D eigenvalue weighted by Crippen LogP contribution is -2.23. The maximum Gasteiger partial charge on any atom is 0.141 e. The van der Waals surface area contributed by atoms with E-state index in [1.165, 1.54) is 24.4 Å². The predicted octanol–water partition coefficient (Wildman–Crippen LogP) is 3.77. The first-order valence-corrected chi connectivity index (χ1v) is 6.19. The summed E-state index contributed by atoms with van der Waals surface area (Å²) in [4.78, 5) is 4.04. The SMILES string of the molecule is CC(N[C@@H](C)c1ccc(F)cc1)c1ccc(F)cn1. The molecule has 0 spiro atoms. The molecule has 0 saturated carbocycles. The van der Waals surface area contributed by atoms with Gasteiger partial charge in [-0.3, -0.25) is 4.98 Å². The number of pyridine rings is 1. The van der Waals surface area contributed by atoms with Crippen molar-refractivity contribution in [2.24, 2.45) is 0 Å². The molecule has 0 fully saturated rings. The monoisotopic (exact) mass is 262 g/mol. The summed E-state index contributed by atoms with van der Waals surface area (Å²) in [6.45, 7) is 3.95. The summed E-state index contributed by atoms with van der Waals surface area (Å²) in [5.41, 5.74) is 1.77. The van der Waals surface area contributed by atoms with Gasteiger partial charge in [0.2, 0.25) is 0 Å². The Morgan fingerprint density at radius 1 is 0.895 bits per heavy atom. The van der Waals surface area contributed by atoms with E-state index in [0.29, 0.717) is 0 Å². The molecule has 0 aliphatic carbocycles. The Kier molecular flexibility index (Phi) is 4.22. The highest BCUT2D eigenvalue weighted by Gasteiger charge is 2.12. The quantitative estimate of drug-likeness (QED) is 0.907. The number of rotatable bonds is 4. The van der Waals surface area contributed by atoms with E-state index >= 15 is 0 Å². The van der Waals surface area contributed by atoms with E-state index in [0.717, 1.165) is 11.3 Å².